The number of aliphatic carboxylic acids is 1. The van der Waals surface area contributed by atoms with Crippen molar-refractivity contribution in [3.8, 4) is 5.75 Å². The molecule has 2 heterocycles. The Hall–Kier alpha value is -3.24. The van der Waals surface area contributed by atoms with Gasteiger partial charge in [0.05, 0.1) is 18.7 Å². The van der Waals surface area contributed by atoms with Crippen LogP contribution < -0.4 is 4.74 Å². The lowest BCUT2D eigenvalue weighted by Gasteiger charge is -2.25. The fourth-order valence-electron chi connectivity index (χ4n) is 4.90. The number of benzene rings is 2. The van der Waals surface area contributed by atoms with Crippen molar-refractivity contribution >= 4 is 16.0 Å². The molecule has 1 aliphatic rings. The molecule has 2 aromatic carbocycles. The molecule has 3 aromatic rings. The van der Waals surface area contributed by atoms with Crippen LogP contribution in [0.4, 0.5) is 0 Å². The lowest BCUT2D eigenvalue weighted by Crippen LogP contribution is -2.36. The maximum Gasteiger partial charge on any atom is 0.303 e. The van der Waals surface area contributed by atoms with Crippen LogP contribution in [0.25, 0.3) is 0 Å². The van der Waals surface area contributed by atoms with Crippen molar-refractivity contribution < 1.29 is 23.1 Å². The minimum Gasteiger partial charge on any atom is -0.488 e. The molecule has 10 heteroatoms. The Morgan fingerprint density at radius 3 is 2.66 bits per heavy atom. The van der Waals surface area contributed by atoms with Gasteiger partial charge in [-0.3, -0.25) is 9.48 Å². The predicted molar refractivity (Wildman–Crippen MR) is 144 cm³/mol. The van der Waals surface area contributed by atoms with E-state index >= 15 is 0 Å². The van der Waals surface area contributed by atoms with Gasteiger partial charge in [-0.1, -0.05) is 49.4 Å². The van der Waals surface area contributed by atoms with Gasteiger partial charge in [-0.2, -0.15) is 4.31 Å². The fourth-order valence-corrected chi connectivity index (χ4v) is 6.47. The van der Waals surface area contributed by atoms with Crippen LogP contribution in [0, 0.1) is 6.92 Å². The van der Waals surface area contributed by atoms with E-state index in [-0.39, 0.29) is 42.3 Å². The number of carbonyl (C=O) groups is 1. The number of hydrogen-bond donors (Lipinski definition) is 1. The maximum atomic E-state index is 13.6. The molecule has 9 nitrogen and oxygen atoms in total. The van der Waals surface area contributed by atoms with E-state index in [0.29, 0.717) is 25.1 Å². The highest BCUT2D eigenvalue weighted by atomic mass is 32.2. The standard InChI is InChI=1S/C28H36N4O5S/c1-5-24-17-32(38(35,36)27-10-8-7-9-26(27)37-24)16-23-14-21(12-11-19(23)3)22(15-28(33)34)13-20(4)25-18-31(6-2)30-29-25/h7-12,14,18,20,22,24H,5-6,13,15-17H2,1-4H3,(H,33,34). The molecule has 0 bridgehead atoms. The number of ether oxygens (including phenoxy) is 1. The Balaban J connectivity index is 1.64. The number of para-hydroxylation sites is 1. The first-order valence-electron chi connectivity index (χ1n) is 13.1. The first-order chi connectivity index (χ1) is 18.1. The maximum absolute atomic E-state index is 13.6. The van der Waals surface area contributed by atoms with Crippen LogP contribution in [0.5, 0.6) is 5.75 Å². The third kappa shape index (κ3) is 6.07. The summed E-state index contributed by atoms with van der Waals surface area (Å²) in [7, 11) is -3.79. The van der Waals surface area contributed by atoms with E-state index in [1.54, 1.807) is 28.9 Å². The number of carboxylic acid groups (broad SMARTS) is 1. The van der Waals surface area contributed by atoms with Crippen LogP contribution in [-0.2, 0) is 27.9 Å². The van der Waals surface area contributed by atoms with Crippen molar-refractivity contribution in [2.45, 2.75) is 82.9 Å². The monoisotopic (exact) mass is 540 g/mol. The molecule has 3 atom stereocenters. The van der Waals surface area contributed by atoms with E-state index in [0.717, 1.165) is 22.4 Å². The van der Waals surface area contributed by atoms with Gasteiger partial charge in [0.2, 0.25) is 10.0 Å². The number of hydrogen-bond acceptors (Lipinski definition) is 6. The summed E-state index contributed by atoms with van der Waals surface area (Å²) >= 11 is 0. The highest BCUT2D eigenvalue weighted by molar-refractivity contribution is 7.89. The van der Waals surface area contributed by atoms with Gasteiger partial charge in [0.15, 0.2) is 0 Å². The largest absolute Gasteiger partial charge is 0.488 e. The highest BCUT2D eigenvalue weighted by Gasteiger charge is 2.34. The Bertz CT molecular complexity index is 1390. The van der Waals surface area contributed by atoms with Gasteiger partial charge >= 0.3 is 5.97 Å². The summed E-state index contributed by atoms with van der Waals surface area (Å²) in [5.41, 5.74) is 3.50. The summed E-state index contributed by atoms with van der Waals surface area (Å²) in [5, 5.41) is 18.0. The Morgan fingerprint density at radius 1 is 1.21 bits per heavy atom. The zero-order valence-electron chi connectivity index (χ0n) is 22.4. The first kappa shape index (κ1) is 27.8. The summed E-state index contributed by atoms with van der Waals surface area (Å²) < 4.78 is 36.6. The lowest BCUT2D eigenvalue weighted by molar-refractivity contribution is -0.137. The van der Waals surface area contributed by atoms with Gasteiger partial charge in [0.1, 0.15) is 16.7 Å². The summed E-state index contributed by atoms with van der Waals surface area (Å²) in [4.78, 5) is 12.0. The summed E-state index contributed by atoms with van der Waals surface area (Å²) in [6.45, 7) is 9.07. The zero-order chi connectivity index (χ0) is 27.4. The van der Waals surface area contributed by atoms with Gasteiger partial charge in [-0.25, -0.2) is 8.42 Å². The number of carboxylic acids is 1. The molecule has 0 aliphatic carbocycles. The number of sulfonamides is 1. The highest BCUT2D eigenvalue weighted by Crippen LogP contribution is 2.35. The molecule has 204 valence electrons. The number of nitrogens with zero attached hydrogens (tertiary/aromatic N) is 4. The molecule has 0 saturated carbocycles. The first-order valence-corrected chi connectivity index (χ1v) is 14.5. The third-order valence-corrected chi connectivity index (χ3v) is 9.11. The van der Waals surface area contributed by atoms with Gasteiger partial charge in [-0.15, -0.1) is 5.10 Å². The molecule has 0 spiro atoms. The molecule has 1 aromatic heterocycles. The second kappa shape index (κ2) is 11.7. The molecule has 0 fully saturated rings. The van der Waals surface area contributed by atoms with E-state index in [1.807, 2.05) is 52.1 Å². The molecular weight excluding hydrogens is 504 g/mol. The molecule has 0 saturated heterocycles. The van der Waals surface area contributed by atoms with Crippen molar-refractivity contribution in [2.75, 3.05) is 6.54 Å². The summed E-state index contributed by atoms with van der Waals surface area (Å²) in [5.74, 6) is -0.754. The van der Waals surface area contributed by atoms with Crippen molar-refractivity contribution in [3.63, 3.8) is 0 Å². The Kier molecular flexibility index (Phi) is 8.52. The minimum absolute atomic E-state index is 0.00866. The van der Waals surface area contributed by atoms with Crippen molar-refractivity contribution in [1.29, 1.82) is 0 Å². The third-order valence-electron chi connectivity index (χ3n) is 7.26. The molecule has 38 heavy (non-hydrogen) atoms. The minimum atomic E-state index is -3.79. The Labute approximate surface area is 224 Å². The van der Waals surface area contributed by atoms with Gasteiger partial charge in [0, 0.05) is 25.2 Å². The van der Waals surface area contributed by atoms with Crippen LogP contribution in [0.3, 0.4) is 0 Å². The van der Waals surface area contributed by atoms with Gasteiger partial charge in [-0.05, 0) is 61.4 Å². The molecule has 0 radical (unpaired) electrons. The SMILES string of the molecule is CCC1CN(Cc2cc(C(CC(=O)O)CC(C)c3cn(CC)nn3)ccc2C)S(=O)(=O)c2ccccc2O1. The molecular formula is C28H36N4O5S. The van der Waals surface area contributed by atoms with E-state index in [2.05, 4.69) is 10.3 Å². The number of aromatic nitrogens is 3. The quantitative estimate of drug-likeness (QED) is 0.396. The second-order valence-electron chi connectivity index (χ2n) is 10.0. The van der Waals surface area contributed by atoms with Gasteiger partial charge < -0.3 is 9.84 Å². The molecule has 3 unspecified atom stereocenters. The molecule has 1 aliphatic heterocycles. The van der Waals surface area contributed by atoms with E-state index in [9.17, 15) is 18.3 Å². The van der Waals surface area contributed by atoms with Crippen molar-refractivity contribution in [2.24, 2.45) is 0 Å². The normalized spacial score (nSPS) is 18.7. The predicted octanol–water partition coefficient (Wildman–Crippen LogP) is 4.72. The lowest BCUT2D eigenvalue weighted by atomic mass is 9.85. The van der Waals surface area contributed by atoms with Crippen LogP contribution in [0.2, 0.25) is 0 Å². The van der Waals surface area contributed by atoms with Crippen molar-refractivity contribution in [3.05, 3.63) is 71.0 Å². The van der Waals surface area contributed by atoms with Crippen LogP contribution in [0.15, 0.2) is 53.6 Å². The van der Waals surface area contributed by atoms with Crippen molar-refractivity contribution in [1.82, 2.24) is 19.3 Å². The van der Waals surface area contributed by atoms with Crippen LogP contribution in [0.1, 0.15) is 74.3 Å². The number of aryl methyl sites for hydroxylation is 2. The topological polar surface area (TPSA) is 115 Å². The molecule has 4 rings (SSSR count). The smallest absolute Gasteiger partial charge is 0.303 e. The average molecular weight is 541 g/mol. The summed E-state index contributed by atoms with van der Waals surface area (Å²) in [6, 6.07) is 12.6. The van der Waals surface area contributed by atoms with E-state index in [4.69, 9.17) is 4.74 Å². The Morgan fingerprint density at radius 2 is 1.97 bits per heavy atom. The van der Waals surface area contributed by atoms with E-state index in [1.165, 1.54) is 4.31 Å². The molecule has 0 amide bonds. The fraction of sp³-hybridized carbons (Fsp3) is 0.464. The van der Waals surface area contributed by atoms with E-state index < -0.39 is 16.0 Å². The second-order valence-corrected chi connectivity index (χ2v) is 11.9. The van der Waals surface area contributed by atoms with Crippen LogP contribution in [-0.4, -0.2) is 51.4 Å². The number of rotatable bonds is 10. The zero-order valence-corrected chi connectivity index (χ0v) is 23.2. The summed E-state index contributed by atoms with van der Waals surface area (Å²) in [6.07, 6.45) is 2.85. The average Bonchev–Trinajstić information content (AvgIpc) is 3.34. The number of fused-ring (bicyclic) bond motifs is 1. The molecule has 1 N–H and O–H groups in total. The van der Waals surface area contributed by atoms with Gasteiger partial charge in [0.25, 0.3) is 0 Å². The van der Waals surface area contributed by atoms with Crippen LogP contribution >= 0.6 is 0 Å².